The molecule has 1 rings (SSSR count). The molecule has 12 heteroatoms. The fraction of sp³-hybridized carbons (Fsp3) is 0.700. The molecule has 0 aliphatic rings. The van der Waals surface area contributed by atoms with Gasteiger partial charge in [-0.2, -0.15) is 0 Å². The minimum Gasteiger partial charge on any atom is -0.424 e. The van der Waals surface area contributed by atoms with Crippen molar-refractivity contribution in [2.24, 2.45) is 0 Å². The molecule has 0 atom stereocenters. The van der Waals surface area contributed by atoms with E-state index in [-0.39, 0.29) is 8.57 Å². The molecule has 0 N–H and O–H groups in total. The van der Waals surface area contributed by atoms with Gasteiger partial charge in [0, 0.05) is 48.2 Å². The second kappa shape index (κ2) is 17.7. The molecule has 32 heavy (non-hydrogen) atoms. The maximum atomic E-state index is 6.11. The summed E-state index contributed by atoms with van der Waals surface area (Å²) >= 11 is 0. The van der Waals surface area contributed by atoms with Gasteiger partial charge in [-0.05, 0) is 52.7 Å². The van der Waals surface area contributed by atoms with Gasteiger partial charge < -0.3 is 26.6 Å². The summed E-state index contributed by atoms with van der Waals surface area (Å²) in [6.45, 7) is 17.2. The Morgan fingerprint density at radius 2 is 0.625 bits per heavy atom. The van der Waals surface area contributed by atoms with Gasteiger partial charge in [0.1, 0.15) is 0 Å². The van der Waals surface area contributed by atoms with Crippen LogP contribution in [-0.4, -0.2) is 98.2 Å². The lowest BCUT2D eigenvalue weighted by atomic mass is 10.1. The number of hydrogen-bond acceptors (Lipinski definition) is 6. The van der Waals surface area contributed by atoms with Crippen LogP contribution in [0.5, 0.6) is 0 Å². The normalized spacial score (nSPS) is 17.7. The molecule has 0 aliphatic heterocycles. The van der Waals surface area contributed by atoms with Crippen LogP contribution in [0, 0.1) is 0 Å². The van der Waals surface area contributed by atoms with Crippen molar-refractivity contribution in [1.29, 1.82) is 0 Å². The summed E-state index contributed by atoms with van der Waals surface area (Å²) in [7, 11) is -4.69. The average molecular weight is 551 g/mol. The Hall–Kier alpha value is 0.281. The van der Waals surface area contributed by atoms with Crippen LogP contribution >= 0.6 is 0 Å². The molecular formula is C20H46O6Si6. The standard InChI is InChI=1S/C20H46O6Si6/c1-7-21-27-19(28-22-8-2,29-23-9-3)17-13-15-18(16-14-17)20(30-24-10-4,31-25-11-5)32-26-12-6/h13-16H,7-12,27-32H2,1-6H3. The Morgan fingerprint density at radius 3 is 0.781 bits per heavy atom. The van der Waals surface area contributed by atoms with Crippen LogP contribution in [0.1, 0.15) is 52.7 Å². The molecule has 0 bridgehead atoms. The average Bonchev–Trinajstić information content (AvgIpc) is 2.84. The number of rotatable bonds is 20. The van der Waals surface area contributed by atoms with Crippen LogP contribution in [0.4, 0.5) is 0 Å². The van der Waals surface area contributed by atoms with E-state index in [1.807, 2.05) is 0 Å². The van der Waals surface area contributed by atoms with E-state index in [4.69, 9.17) is 26.6 Å². The Kier molecular flexibility index (Phi) is 16.7. The third-order valence-corrected chi connectivity index (χ3v) is 22.4. The predicted octanol–water partition coefficient (Wildman–Crippen LogP) is -1.37. The summed E-state index contributed by atoms with van der Waals surface area (Å²) in [4.78, 5) is 0. The first-order valence-corrected chi connectivity index (χ1v) is 19.9. The monoisotopic (exact) mass is 550 g/mol. The third kappa shape index (κ3) is 9.50. The van der Waals surface area contributed by atoms with E-state index >= 15 is 0 Å². The highest BCUT2D eigenvalue weighted by Gasteiger charge is 2.39. The van der Waals surface area contributed by atoms with E-state index in [9.17, 15) is 0 Å². The Balaban J connectivity index is 3.34. The van der Waals surface area contributed by atoms with E-state index in [1.54, 1.807) is 0 Å². The van der Waals surface area contributed by atoms with Gasteiger partial charge in [0.15, 0.2) is 58.6 Å². The van der Waals surface area contributed by atoms with E-state index in [2.05, 4.69) is 65.8 Å². The molecule has 0 heterocycles. The van der Waals surface area contributed by atoms with Crippen molar-refractivity contribution in [3.05, 3.63) is 35.4 Å². The molecule has 1 aromatic carbocycles. The zero-order valence-electron chi connectivity index (χ0n) is 21.2. The Bertz CT molecular complexity index is 500. The highest BCUT2D eigenvalue weighted by Crippen LogP contribution is 2.28. The molecule has 1 aromatic rings. The largest absolute Gasteiger partial charge is 0.424 e. The van der Waals surface area contributed by atoms with Crippen LogP contribution in [0.2, 0.25) is 0 Å². The SMILES string of the molecule is CCO[SiH2]C([SiH2]OCC)([SiH2]OCC)c1ccc(C([SiH2]OCC)([SiH2]OCC)[SiH2]OCC)cc1. The Morgan fingerprint density at radius 1 is 0.438 bits per heavy atom. The molecule has 0 saturated carbocycles. The molecule has 0 fully saturated rings. The lowest BCUT2D eigenvalue weighted by Gasteiger charge is -2.34. The van der Waals surface area contributed by atoms with Crippen LogP contribution in [0.3, 0.4) is 0 Å². The van der Waals surface area contributed by atoms with Crippen molar-refractivity contribution in [1.82, 2.24) is 0 Å². The molecule has 0 radical (unpaired) electrons. The fourth-order valence-corrected chi connectivity index (χ4v) is 16.9. The zero-order valence-corrected chi connectivity index (χ0v) is 29.7. The van der Waals surface area contributed by atoms with Crippen molar-refractivity contribution in [2.75, 3.05) is 39.6 Å². The van der Waals surface area contributed by atoms with Crippen molar-refractivity contribution in [2.45, 2.75) is 50.1 Å². The first-order valence-electron chi connectivity index (χ1n) is 12.1. The Labute approximate surface area is 209 Å². The van der Waals surface area contributed by atoms with E-state index in [1.165, 1.54) is 11.1 Å². The molecule has 186 valence electrons. The summed E-state index contributed by atoms with van der Waals surface area (Å²) in [5, 5.41) is 0. The first-order chi connectivity index (χ1) is 15.6. The lowest BCUT2D eigenvalue weighted by molar-refractivity contribution is 0.319. The van der Waals surface area contributed by atoms with E-state index < -0.39 is 58.6 Å². The fourth-order valence-electron chi connectivity index (χ4n) is 3.71. The molecule has 0 spiro atoms. The van der Waals surface area contributed by atoms with Gasteiger partial charge in [0.2, 0.25) is 0 Å². The molecular weight excluding hydrogens is 505 g/mol. The van der Waals surface area contributed by atoms with Crippen molar-refractivity contribution in [3.8, 4) is 0 Å². The van der Waals surface area contributed by atoms with Crippen LogP contribution in [0.15, 0.2) is 24.3 Å². The minimum atomic E-state index is -0.781. The quantitative estimate of drug-likeness (QED) is 0.187. The van der Waals surface area contributed by atoms with Crippen LogP contribution in [-0.2, 0) is 35.1 Å². The van der Waals surface area contributed by atoms with Crippen LogP contribution in [0.25, 0.3) is 0 Å². The zero-order chi connectivity index (χ0) is 23.7. The van der Waals surface area contributed by atoms with Gasteiger partial charge in [-0.15, -0.1) is 0 Å². The molecule has 0 amide bonds. The smallest absolute Gasteiger partial charge is 0.170 e. The summed E-state index contributed by atoms with van der Waals surface area (Å²) in [5.74, 6) is 0. The van der Waals surface area contributed by atoms with Gasteiger partial charge in [-0.3, -0.25) is 0 Å². The summed E-state index contributed by atoms with van der Waals surface area (Å²) in [6, 6.07) is 9.37. The second-order valence-corrected chi connectivity index (χ2v) is 26.3. The molecule has 0 saturated heterocycles. The van der Waals surface area contributed by atoms with Gasteiger partial charge in [0.05, 0.1) is 0 Å². The molecule has 0 aliphatic carbocycles. The first kappa shape index (κ1) is 30.3. The molecule has 6 nitrogen and oxygen atoms in total. The van der Waals surface area contributed by atoms with Crippen molar-refractivity contribution in [3.63, 3.8) is 0 Å². The molecule has 0 aromatic heterocycles. The third-order valence-electron chi connectivity index (χ3n) is 5.60. The second-order valence-electron chi connectivity index (χ2n) is 7.96. The molecule has 0 unspecified atom stereocenters. The summed E-state index contributed by atoms with van der Waals surface area (Å²) in [5.41, 5.74) is 2.76. The van der Waals surface area contributed by atoms with Crippen LogP contribution < -0.4 is 0 Å². The number of benzene rings is 1. The summed E-state index contributed by atoms with van der Waals surface area (Å²) < 4.78 is 36.9. The predicted molar refractivity (Wildman–Crippen MR) is 151 cm³/mol. The maximum Gasteiger partial charge on any atom is 0.170 e. The topological polar surface area (TPSA) is 55.4 Å². The van der Waals surface area contributed by atoms with Crippen molar-refractivity contribution < 1.29 is 26.6 Å². The maximum absolute atomic E-state index is 6.11. The summed E-state index contributed by atoms with van der Waals surface area (Å²) in [6.07, 6.45) is 0. The van der Waals surface area contributed by atoms with Gasteiger partial charge in [0.25, 0.3) is 0 Å². The van der Waals surface area contributed by atoms with E-state index in [0.29, 0.717) is 0 Å². The van der Waals surface area contributed by atoms with E-state index in [0.717, 1.165) is 39.6 Å². The van der Waals surface area contributed by atoms with Crippen molar-refractivity contribution >= 4 is 58.6 Å². The highest BCUT2D eigenvalue weighted by molar-refractivity contribution is 6.74. The highest BCUT2D eigenvalue weighted by atomic mass is 28.4. The van der Waals surface area contributed by atoms with Gasteiger partial charge in [-0.25, -0.2) is 0 Å². The van der Waals surface area contributed by atoms with Gasteiger partial charge in [-0.1, -0.05) is 24.3 Å². The lowest BCUT2D eigenvalue weighted by Crippen LogP contribution is -2.50. The minimum absolute atomic E-state index is 0.0925. The van der Waals surface area contributed by atoms with Gasteiger partial charge >= 0.3 is 0 Å². The number of hydrogen-bond donors (Lipinski definition) is 0.